The number of hydrogen-bond acceptors (Lipinski definition) is 8. The number of pyridine rings is 1. The van der Waals surface area contributed by atoms with Crippen LogP contribution in [0.15, 0.2) is 55.7 Å². The molecule has 0 amide bonds. The Morgan fingerprint density at radius 2 is 1.79 bits per heavy atom. The first kappa shape index (κ1) is 23.4. The fourth-order valence-electron chi connectivity index (χ4n) is 2.25. The highest BCUT2D eigenvalue weighted by Crippen LogP contribution is 2.27. The lowest BCUT2D eigenvalue weighted by molar-refractivity contribution is -0.113. The van der Waals surface area contributed by atoms with Crippen molar-refractivity contribution >= 4 is 27.0 Å². The highest BCUT2D eigenvalue weighted by atomic mass is 32.2. The number of allylic oxidation sites excluding steroid dienone is 1. The number of benzene rings is 1. The number of rotatable bonds is 5. The van der Waals surface area contributed by atoms with Crippen molar-refractivity contribution in [1.82, 2.24) is 4.57 Å². The Morgan fingerprint density at radius 3 is 2.28 bits per heavy atom. The Bertz CT molecular complexity index is 1220. The Morgan fingerprint density at radius 1 is 1.24 bits per heavy atom. The minimum atomic E-state index is -3.99. The van der Waals surface area contributed by atoms with Crippen LogP contribution in [0.4, 0.5) is 11.4 Å². The number of ketones is 1. The standard InChI is InChI=1S/C18H16N4O5S.H2O/c1-10-15(9-19)17(24)22(4)18(25)16(10)21-20-13-5-7-14(8-6-13)28(26,27)12(3)11(2)23;/h5-8,24H,3H2,1-2,4H3;1H2. The summed E-state index contributed by atoms with van der Waals surface area (Å²) < 4.78 is 25.3. The van der Waals surface area contributed by atoms with Gasteiger partial charge in [-0.3, -0.25) is 14.2 Å². The molecule has 29 heavy (non-hydrogen) atoms. The molecule has 0 aliphatic rings. The van der Waals surface area contributed by atoms with Crippen LogP contribution in [0.1, 0.15) is 18.1 Å². The number of nitriles is 1. The van der Waals surface area contributed by atoms with Crippen molar-refractivity contribution in [3.05, 3.63) is 57.2 Å². The summed E-state index contributed by atoms with van der Waals surface area (Å²) in [5.74, 6) is -1.13. The summed E-state index contributed by atoms with van der Waals surface area (Å²) >= 11 is 0. The zero-order valence-electron chi connectivity index (χ0n) is 15.8. The molecule has 0 aliphatic carbocycles. The molecule has 0 unspecified atom stereocenters. The van der Waals surface area contributed by atoms with Crippen molar-refractivity contribution in [3.63, 3.8) is 0 Å². The van der Waals surface area contributed by atoms with Gasteiger partial charge in [0.05, 0.1) is 10.6 Å². The second-order valence-corrected chi connectivity index (χ2v) is 7.80. The molecule has 3 N–H and O–H groups in total. The van der Waals surface area contributed by atoms with Crippen LogP contribution < -0.4 is 5.56 Å². The van der Waals surface area contributed by atoms with Gasteiger partial charge in [-0.15, -0.1) is 5.11 Å². The van der Waals surface area contributed by atoms with E-state index in [4.69, 9.17) is 5.26 Å². The van der Waals surface area contributed by atoms with Gasteiger partial charge in [-0.05, 0) is 38.1 Å². The number of aromatic hydroxyl groups is 1. The van der Waals surface area contributed by atoms with Crippen LogP contribution in [-0.4, -0.2) is 29.4 Å². The molecule has 0 aliphatic heterocycles. The highest BCUT2D eigenvalue weighted by Gasteiger charge is 2.22. The van der Waals surface area contributed by atoms with E-state index in [-0.39, 0.29) is 32.9 Å². The number of sulfone groups is 1. The first-order chi connectivity index (χ1) is 13.0. The molecule has 0 spiro atoms. The molecule has 1 aromatic heterocycles. The molecule has 11 heteroatoms. The lowest BCUT2D eigenvalue weighted by Gasteiger charge is -2.08. The third-order valence-electron chi connectivity index (χ3n) is 4.02. The largest absolute Gasteiger partial charge is 0.493 e. The first-order valence-corrected chi connectivity index (χ1v) is 9.30. The minimum Gasteiger partial charge on any atom is -0.493 e. The molecular weight excluding hydrogens is 400 g/mol. The maximum atomic E-state index is 12.2. The molecule has 2 rings (SSSR count). The van der Waals surface area contributed by atoms with Crippen LogP contribution in [0.3, 0.4) is 0 Å². The van der Waals surface area contributed by atoms with Gasteiger partial charge in [0.15, 0.2) is 11.5 Å². The smallest absolute Gasteiger partial charge is 0.281 e. The molecule has 0 saturated carbocycles. The number of nitrogens with zero attached hydrogens (tertiary/aromatic N) is 4. The second kappa shape index (κ2) is 8.59. The maximum absolute atomic E-state index is 12.2. The molecule has 0 fully saturated rings. The van der Waals surface area contributed by atoms with Crippen molar-refractivity contribution in [2.24, 2.45) is 17.3 Å². The topological polar surface area (TPSA) is 173 Å². The Hall–Kier alpha value is -3.62. The predicted molar refractivity (Wildman–Crippen MR) is 104 cm³/mol. The van der Waals surface area contributed by atoms with E-state index in [9.17, 15) is 23.1 Å². The molecule has 1 heterocycles. The quantitative estimate of drug-likeness (QED) is 0.571. The summed E-state index contributed by atoms with van der Waals surface area (Å²) in [5.41, 5.74) is -0.460. The molecule has 2 aromatic rings. The lowest BCUT2D eigenvalue weighted by Crippen LogP contribution is -2.18. The number of aromatic nitrogens is 1. The molecule has 0 bridgehead atoms. The summed E-state index contributed by atoms with van der Waals surface area (Å²) in [5, 5.41) is 26.7. The van der Waals surface area contributed by atoms with Crippen molar-refractivity contribution in [2.75, 3.05) is 0 Å². The monoisotopic (exact) mass is 418 g/mol. The van der Waals surface area contributed by atoms with Crippen LogP contribution in [0.25, 0.3) is 0 Å². The van der Waals surface area contributed by atoms with Gasteiger partial charge in [0.2, 0.25) is 15.7 Å². The van der Waals surface area contributed by atoms with E-state index in [1.807, 2.05) is 0 Å². The number of hydrogen-bond donors (Lipinski definition) is 1. The summed E-state index contributed by atoms with van der Waals surface area (Å²) in [6.07, 6.45) is 0. The third-order valence-corrected chi connectivity index (χ3v) is 5.85. The van der Waals surface area contributed by atoms with Crippen LogP contribution >= 0.6 is 0 Å². The van der Waals surface area contributed by atoms with Crippen molar-refractivity contribution in [2.45, 2.75) is 18.7 Å². The Kier molecular flexibility index (Phi) is 6.94. The molecule has 10 nitrogen and oxygen atoms in total. The van der Waals surface area contributed by atoms with Crippen LogP contribution in [-0.2, 0) is 21.7 Å². The van der Waals surface area contributed by atoms with Gasteiger partial charge in [0.25, 0.3) is 5.56 Å². The van der Waals surface area contributed by atoms with Gasteiger partial charge in [-0.1, -0.05) is 6.58 Å². The summed E-state index contributed by atoms with van der Waals surface area (Å²) in [6, 6.07) is 6.96. The fraction of sp³-hybridized carbons (Fsp3) is 0.167. The van der Waals surface area contributed by atoms with E-state index >= 15 is 0 Å². The number of Topliss-reactive ketones (excluding diaryl/α,β-unsaturated/α-hetero) is 1. The van der Waals surface area contributed by atoms with Crippen molar-refractivity contribution < 1.29 is 23.8 Å². The third kappa shape index (κ3) is 4.29. The Balaban J connectivity index is 0.00000420. The van der Waals surface area contributed by atoms with Crippen LogP contribution in [0, 0.1) is 18.3 Å². The lowest BCUT2D eigenvalue weighted by atomic mass is 10.1. The van der Waals surface area contributed by atoms with Crippen LogP contribution in [0.2, 0.25) is 0 Å². The Labute approximate surface area is 166 Å². The molecule has 1 aromatic carbocycles. The van der Waals surface area contributed by atoms with Crippen molar-refractivity contribution in [3.8, 4) is 11.9 Å². The fourth-order valence-corrected chi connectivity index (χ4v) is 3.41. The zero-order valence-corrected chi connectivity index (χ0v) is 16.6. The zero-order chi connectivity index (χ0) is 21.2. The van der Waals surface area contributed by atoms with Crippen molar-refractivity contribution in [1.29, 1.82) is 5.26 Å². The van der Waals surface area contributed by atoms with E-state index < -0.39 is 32.0 Å². The maximum Gasteiger partial charge on any atom is 0.281 e. The summed E-state index contributed by atoms with van der Waals surface area (Å²) in [6.45, 7) is 5.85. The van der Waals surface area contributed by atoms with E-state index in [0.717, 1.165) is 11.5 Å². The van der Waals surface area contributed by atoms with Gasteiger partial charge in [-0.25, -0.2) is 8.42 Å². The average molecular weight is 418 g/mol. The minimum absolute atomic E-state index is 0. The number of azo groups is 1. The van der Waals surface area contributed by atoms with E-state index in [1.54, 1.807) is 6.07 Å². The normalized spacial score (nSPS) is 11.0. The van der Waals surface area contributed by atoms with E-state index in [1.165, 1.54) is 38.2 Å². The summed E-state index contributed by atoms with van der Waals surface area (Å²) in [4.78, 5) is 22.9. The SMILES string of the molecule is C=C(C(C)=O)S(=O)(=O)c1ccc(N=Nc2c(C)c(C#N)c(O)n(C)c2=O)cc1.O. The molecule has 0 atom stereocenters. The second-order valence-electron chi connectivity index (χ2n) is 5.82. The van der Waals surface area contributed by atoms with E-state index in [0.29, 0.717) is 0 Å². The molecule has 152 valence electrons. The first-order valence-electron chi connectivity index (χ1n) is 7.81. The molecule has 0 saturated heterocycles. The van der Waals surface area contributed by atoms with Gasteiger partial charge in [-0.2, -0.15) is 10.4 Å². The number of carbonyl (C=O) groups is 1. The van der Waals surface area contributed by atoms with Gasteiger partial charge in [0.1, 0.15) is 16.5 Å². The predicted octanol–water partition coefficient (Wildman–Crippen LogP) is 1.74. The average Bonchev–Trinajstić information content (AvgIpc) is 2.66. The number of carbonyl (C=O) groups excluding carboxylic acids is 1. The van der Waals surface area contributed by atoms with Gasteiger partial charge >= 0.3 is 0 Å². The molecule has 0 radical (unpaired) electrons. The van der Waals surface area contributed by atoms with Gasteiger partial charge in [0, 0.05) is 12.6 Å². The van der Waals surface area contributed by atoms with E-state index in [2.05, 4.69) is 16.8 Å². The summed E-state index contributed by atoms with van der Waals surface area (Å²) in [7, 11) is -2.70. The van der Waals surface area contributed by atoms with Gasteiger partial charge < -0.3 is 10.6 Å². The highest BCUT2D eigenvalue weighted by molar-refractivity contribution is 7.96. The van der Waals surface area contributed by atoms with Crippen LogP contribution in [0.5, 0.6) is 5.88 Å². The molecular formula is C18H18N4O6S.